The second-order valence-corrected chi connectivity index (χ2v) is 5.61. The summed E-state index contributed by atoms with van der Waals surface area (Å²) in [6, 6.07) is 17.3. The van der Waals surface area contributed by atoms with Crippen LogP contribution in [-0.4, -0.2) is 19.6 Å². The van der Waals surface area contributed by atoms with Gasteiger partial charge in [0.05, 0.1) is 6.61 Å². The molecule has 0 spiro atoms. The molecular weight excluding hydrogens is 330 g/mol. The van der Waals surface area contributed by atoms with Gasteiger partial charge in [-0.3, -0.25) is 4.79 Å². The van der Waals surface area contributed by atoms with Crippen LogP contribution in [0.15, 0.2) is 59.1 Å². The Morgan fingerprint density at radius 1 is 1.14 bits per heavy atom. The topological polar surface area (TPSA) is 29.5 Å². The van der Waals surface area contributed by atoms with E-state index in [-0.39, 0.29) is 5.91 Å². The van der Waals surface area contributed by atoms with Crippen molar-refractivity contribution >= 4 is 27.5 Å². The summed E-state index contributed by atoms with van der Waals surface area (Å²) in [6.07, 6.45) is 1.17. The fraction of sp³-hybridized carbons (Fsp3) is 0.235. The molecule has 3 nitrogen and oxygen atoms in total. The van der Waals surface area contributed by atoms with Gasteiger partial charge in [0.1, 0.15) is 5.75 Å². The Labute approximate surface area is 133 Å². The smallest absolute Gasteiger partial charge is 0.226 e. The summed E-state index contributed by atoms with van der Waals surface area (Å²) in [5, 5.41) is 0. The lowest BCUT2D eigenvalue weighted by Gasteiger charge is -2.17. The fourth-order valence-corrected chi connectivity index (χ4v) is 2.31. The van der Waals surface area contributed by atoms with Crippen LogP contribution in [-0.2, 0) is 4.79 Å². The minimum atomic E-state index is 0.0963. The van der Waals surface area contributed by atoms with Crippen molar-refractivity contribution in [3.05, 3.63) is 59.1 Å². The van der Waals surface area contributed by atoms with E-state index < -0.39 is 0 Å². The molecule has 0 aliphatic rings. The first-order valence-corrected chi connectivity index (χ1v) is 7.66. The van der Waals surface area contributed by atoms with Crippen LogP contribution < -0.4 is 9.64 Å². The lowest BCUT2D eigenvalue weighted by molar-refractivity contribution is -0.118. The van der Waals surface area contributed by atoms with Crippen LogP contribution in [0.2, 0.25) is 0 Å². The van der Waals surface area contributed by atoms with Gasteiger partial charge >= 0.3 is 0 Å². The Bertz CT molecular complexity index is 586. The van der Waals surface area contributed by atoms with Gasteiger partial charge in [-0.1, -0.05) is 40.2 Å². The van der Waals surface area contributed by atoms with Crippen LogP contribution in [0.5, 0.6) is 5.75 Å². The van der Waals surface area contributed by atoms with Gasteiger partial charge in [0.2, 0.25) is 5.91 Å². The highest BCUT2D eigenvalue weighted by atomic mass is 79.9. The van der Waals surface area contributed by atoms with E-state index in [4.69, 9.17) is 4.74 Å². The van der Waals surface area contributed by atoms with Crippen LogP contribution in [0.4, 0.5) is 5.69 Å². The SMILES string of the molecule is CN(C(=O)CCCOc1cccc(Br)c1)c1ccccc1. The van der Waals surface area contributed by atoms with Crippen molar-refractivity contribution in [1.82, 2.24) is 0 Å². The number of anilines is 1. The van der Waals surface area contributed by atoms with Crippen molar-refractivity contribution in [1.29, 1.82) is 0 Å². The predicted octanol–water partition coefficient (Wildman–Crippen LogP) is 4.27. The normalized spacial score (nSPS) is 10.2. The van der Waals surface area contributed by atoms with Gasteiger partial charge < -0.3 is 9.64 Å². The third kappa shape index (κ3) is 4.90. The number of halogens is 1. The fourth-order valence-electron chi connectivity index (χ4n) is 1.93. The lowest BCUT2D eigenvalue weighted by Crippen LogP contribution is -2.26. The first-order chi connectivity index (χ1) is 10.2. The number of hydrogen-bond acceptors (Lipinski definition) is 2. The highest BCUT2D eigenvalue weighted by Gasteiger charge is 2.09. The Kier molecular flexibility index (Phi) is 5.81. The first kappa shape index (κ1) is 15.6. The number of nitrogens with zero attached hydrogens (tertiary/aromatic N) is 1. The minimum Gasteiger partial charge on any atom is -0.494 e. The number of para-hydroxylation sites is 1. The van der Waals surface area contributed by atoms with Crippen LogP contribution in [0, 0.1) is 0 Å². The quantitative estimate of drug-likeness (QED) is 0.730. The molecule has 0 N–H and O–H groups in total. The summed E-state index contributed by atoms with van der Waals surface area (Å²) in [4.78, 5) is 13.8. The molecule has 0 fully saturated rings. The molecule has 0 heterocycles. The summed E-state index contributed by atoms with van der Waals surface area (Å²) < 4.78 is 6.61. The van der Waals surface area contributed by atoms with Crippen LogP contribution >= 0.6 is 15.9 Å². The minimum absolute atomic E-state index is 0.0963. The Balaban J connectivity index is 1.74. The van der Waals surface area contributed by atoms with Crippen molar-refractivity contribution in [2.24, 2.45) is 0 Å². The van der Waals surface area contributed by atoms with Gasteiger partial charge in [0.25, 0.3) is 0 Å². The summed E-state index contributed by atoms with van der Waals surface area (Å²) in [7, 11) is 1.80. The number of amides is 1. The van der Waals surface area contributed by atoms with Crippen LogP contribution in [0.25, 0.3) is 0 Å². The average molecular weight is 348 g/mol. The Morgan fingerprint density at radius 3 is 2.62 bits per heavy atom. The monoisotopic (exact) mass is 347 g/mol. The zero-order chi connectivity index (χ0) is 15.1. The maximum Gasteiger partial charge on any atom is 0.226 e. The molecule has 0 aliphatic carbocycles. The van der Waals surface area contributed by atoms with E-state index in [2.05, 4.69) is 15.9 Å². The van der Waals surface area contributed by atoms with E-state index in [1.807, 2.05) is 54.6 Å². The van der Waals surface area contributed by atoms with Crippen molar-refractivity contribution in [2.75, 3.05) is 18.6 Å². The molecule has 4 heteroatoms. The van der Waals surface area contributed by atoms with Crippen molar-refractivity contribution in [3.8, 4) is 5.75 Å². The van der Waals surface area contributed by atoms with Crippen LogP contribution in [0.3, 0.4) is 0 Å². The summed E-state index contributed by atoms with van der Waals surface area (Å²) in [6.45, 7) is 0.533. The average Bonchev–Trinajstić information content (AvgIpc) is 2.51. The van der Waals surface area contributed by atoms with Crippen molar-refractivity contribution < 1.29 is 9.53 Å². The molecule has 0 saturated heterocycles. The Morgan fingerprint density at radius 2 is 1.90 bits per heavy atom. The molecule has 1 amide bonds. The number of carbonyl (C=O) groups excluding carboxylic acids is 1. The summed E-state index contributed by atoms with van der Waals surface area (Å²) in [5.41, 5.74) is 0.912. The number of hydrogen-bond donors (Lipinski definition) is 0. The number of rotatable bonds is 6. The second kappa shape index (κ2) is 7.84. The van der Waals surface area contributed by atoms with E-state index in [9.17, 15) is 4.79 Å². The van der Waals surface area contributed by atoms with Gasteiger partial charge in [-0.15, -0.1) is 0 Å². The molecule has 21 heavy (non-hydrogen) atoms. The predicted molar refractivity (Wildman–Crippen MR) is 88.7 cm³/mol. The Hall–Kier alpha value is -1.81. The molecule has 2 aromatic carbocycles. The van der Waals surface area contributed by atoms with E-state index in [0.717, 1.165) is 15.9 Å². The third-order valence-electron chi connectivity index (χ3n) is 3.12. The van der Waals surface area contributed by atoms with E-state index in [1.165, 1.54) is 0 Å². The van der Waals surface area contributed by atoms with Gasteiger partial charge in [-0.25, -0.2) is 0 Å². The van der Waals surface area contributed by atoms with E-state index >= 15 is 0 Å². The zero-order valence-electron chi connectivity index (χ0n) is 12.0. The zero-order valence-corrected chi connectivity index (χ0v) is 13.5. The van der Waals surface area contributed by atoms with Gasteiger partial charge in [0, 0.05) is 23.6 Å². The van der Waals surface area contributed by atoms with Crippen molar-refractivity contribution in [3.63, 3.8) is 0 Å². The number of carbonyl (C=O) groups is 1. The number of ether oxygens (including phenoxy) is 1. The van der Waals surface area contributed by atoms with E-state index in [0.29, 0.717) is 19.4 Å². The summed E-state index contributed by atoms with van der Waals surface area (Å²) in [5.74, 6) is 0.910. The highest BCUT2D eigenvalue weighted by molar-refractivity contribution is 9.10. The molecule has 0 saturated carbocycles. The summed E-state index contributed by atoms with van der Waals surface area (Å²) >= 11 is 3.40. The molecule has 2 rings (SSSR count). The largest absolute Gasteiger partial charge is 0.494 e. The molecule has 0 radical (unpaired) electrons. The molecular formula is C17H18BrNO2. The van der Waals surface area contributed by atoms with Crippen molar-refractivity contribution in [2.45, 2.75) is 12.8 Å². The first-order valence-electron chi connectivity index (χ1n) is 6.87. The molecule has 0 bridgehead atoms. The molecule has 0 atom stereocenters. The number of benzene rings is 2. The highest BCUT2D eigenvalue weighted by Crippen LogP contribution is 2.18. The molecule has 0 unspecified atom stereocenters. The molecule has 0 aromatic heterocycles. The standard InChI is InChI=1S/C17H18BrNO2/c1-19(15-8-3-2-4-9-15)17(20)11-6-12-21-16-10-5-7-14(18)13-16/h2-5,7-10,13H,6,11-12H2,1H3. The maximum atomic E-state index is 12.1. The third-order valence-corrected chi connectivity index (χ3v) is 3.61. The second-order valence-electron chi connectivity index (χ2n) is 4.70. The molecule has 2 aromatic rings. The molecule has 0 aliphatic heterocycles. The maximum absolute atomic E-state index is 12.1. The van der Waals surface area contributed by atoms with E-state index in [1.54, 1.807) is 11.9 Å². The van der Waals surface area contributed by atoms with Crippen LogP contribution in [0.1, 0.15) is 12.8 Å². The van der Waals surface area contributed by atoms with Gasteiger partial charge in [-0.05, 0) is 36.8 Å². The lowest BCUT2D eigenvalue weighted by atomic mass is 10.2. The molecule has 110 valence electrons. The van der Waals surface area contributed by atoms with Gasteiger partial charge in [0.15, 0.2) is 0 Å². The van der Waals surface area contributed by atoms with Gasteiger partial charge in [-0.2, -0.15) is 0 Å².